The number of rotatable bonds is 4. The molecule has 2 aromatic rings. The van der Waals surface area contributed by atoms with Crippen LogP contribution in [0.5, 0.6) is 0 Å². The number of hydrogen-bond donors (Lipinski definition) is 2. The van der Waals surface area contributed by atoms with Crippen LogP contribution in [0.1, 0.15) is 17.2 Å². The van der Waals surface area contributed by atoms with Crippen molar-refractivity contribution in [1.29, 1.82) is 5.26 Å². The van der Waals surface area contributed by atoms with Gasteiger partial charge >= 0.3 is 5.97 Å². The number of benzene rings is 2. The normalized spacial score (nSPS) is 11.5. The van der Waals surface area contributed by atoms with Crippen LogP contribution < -0.4 is 5.32 Å². The number of carboxylic acids is 1. The van der Waals surface area contributed by atoms with E-state index in [0.717, 1.165) is 0 Å². The fourth-order valence-corrected chi connectivity index (χ4v) is 2.27. The fraction of sp³-hybridized carbons (Fsp3) is 0.0667. The maximum absolute atomic E-state index is 14.1. The lowest BCUT2D eigenvalue weighted by Gasteiger charge is -2.17. The summed E-state index contributed by atoms with van der Waals surface area (Å²) in [4.78, 5) is 11.4. The predicted octanol–water partition coefficient (Wildman–Crippen LogP) is 3.70. The standard InChI is InChI=1S/C15H10BrFN2O2/c16-12-10(8-18)6-7-11(13(12)17)19-14(15(20)21)9-4-2-1-3-5-9/h1-7,14,19H,(H,20,21). The molecule has 0 amide bonds. The molecule has 0 fully saturated rings. The van der Waals surface area contributed by atoms with Crippen molar-refractivity contribution in [3.63, 3.8) is 0 Å². The van der Waals surface area contributed by atoms with E-state index in [-0.39, 0.29) is 15.7 Å². The number of nitrogens with one attached hydrogen (secondary N) is 1. The van der Waals surface area contributed by atoms with Gasteiger partial charge in [0, 0.05) is 0 Å². The summed E-state index contributed by atoms with van der Waals surface area (Å²) in [6.07, 6.45) is 0. The summed E-state index contributed by atoms with van der Waals surface area (Å²) in [6.45, 7) is 0. The van der Waals surface area contributed by atoms with Crippen molar-refractivity contribution >= 4 is 27.6 Å². The lowest BCUT2D eigenvalue weighted by Crippen LogP contribution is -2.21. The van der Waals surface area contributed by atoms with E-state index in [4.69, 9.17) is 5.26 Å². The smallest absolute Gasteiger partial charge is 0.330 e. The van der Waals surface area contributed by atoms with Crippen LogP contribution in [0.3, 0.4) is 0 Å². The number of aliphatic carboxylic acids is 1. The molecule has 2 aromatic carbocycles. The molecule has 0 aliphatic heterocycles. The van der Waals surface area contributed by atoms with Gasteiger partial charge in [-0.05, 0) is 33.6 Å². The van der Waals surface area contributed by atoms with Crippen molar-refractivity contribution < 1.29 is 14.3 Å². The van der Waals surface area contributed by atoms with Gasteiger partial charge in [0.2, 0.25) is 0 Å². The van der Waals surface area contributed by atoms with E-state index in [1.165, 1.54) is 12.1 Å². The van der Waals surface area contributed by atoms with Gasteiger partial charge in [-0.1, -0.05) is 30.3 Å². The number of carbonyl (C=O) groups is 1. The van der Waals surface area contributed by atoms with Crippen LogP contribution in [0.4, 0.5) is 10.1 Å². The molecule has 0 aliphatic rings. The highest BCUT2D eigenvalue weighted by molar-refractivity contribution is 9.10. The summed E-state index contributed by atoms with van der Waals surface area (Å²) >= 11 is 2.99. The monoisotopic (exact) mass is 348 g/mol. The Bertz CT molecular complexity index is 714. The van der Waals surface area contributed by atoms with E-state index in [2.05, 4.69) is 21.2 Å². The highest BCUT2D eigenvalue weighted by Gasteiger charge is 2.22. The van der Waals surface area contributed by atoms with Crippen LogP contribution in [0, 0.1) is 17.1 Å². The van der Waals surface area contributed by atoms with Crippen molar-refractivity contribution in [3.8, 4) is 6.07 Å². The summed E-state index contributed by atoms with van der Waals surface area (Å²) in [5.74, 6) is -1.82. The fourth-order valence-electron chi connectivity index (χ4n) is 1.84. The van der Waals surface area contributed by atoms with Gasteiger partial charge in [-0.15, -0.1) is 0 Å². The first kappa shape index (κ1) is 15.0. The highest BCUT2D eigenvalue weighted by atomic mass is 79.9. The van der Waals surface area contributed by atoms with Crippen LogP contribution in [0.2, 0.25) is 0 Å². The van der Waals surface area contributed by atoms with E-state index in [1.54, 1.807) is 30.3 Å². The first-order valence-electron chi connectivity index (χ1n) is 5.97. The zero-order valence-electron chi connectivity index (χ0n) is 10.7. The molecule has 2 rings (SSSR count). The van der Waals surface area contributed by atoms with Crippen LogP contribution >= 0.6 is 15.9 Å². The summed E-state index contributed by atoms with van der Waals surface area (Å²) in [5, 5.41) is 20.8. The van der Waals surface area contributed by atoms with E-state index >= 15 is 0 Å². The highest BCUT2D eigenvalue weighted by Crippen LogP contribution is 2.29. The van der Waals surface area contributed by atoms with Crippen molar-refractivity contribution in [2.45, 2.75) is 6.04 Å². The zero-order valence-corrected chi connectivity index (χ0v) is 12.3. The molecule has 0 saturated heterocycles. The van der Waals surface area contributed by atoms with E-state index in [0.29, 0.717) is 5.56 Å². The number of halogens is 2. The third kappa shape index (κ3) is 3.20. The summed E-state index contributed by atoms with van der Waals surface area (Å²) < 4.78 is 14.1. The van der Waals surface area contributed by atoms with Gasteiger partial charge in [-0.3, -0.25) is 0 Å². The van der Waals surface area contributed by atoms with Crippen molar-refractivity contribution in [2.75, 3.05) is 5.32 Å². The third-order valence-corrected chi connectivity index (χ3v) is 3.66. The van der Waals surface area contributed by atoms with Gasteiger partial charge in [0.15, 0.2) is 11.9 Å². The molecule has 0 spiro atoms. The molecule has 2 N–H and O–H groups in total. The second kappa shape index (κ2) is 6.37. The number of carboxylic acid groups (broad SMARTS) is 1. The molecule has 0 heterocycles. The largest absolute Gasteiger partial charge is 0.479 e. The third-order valence-electron chi connectivity index (χ3n) is 2.88. The minimum absolute atomic E-state index is 0.00667. The van der Waals surface area contributed by atoms with E-state index in [9.17, 15) is 14.3 Å². The molecule has 1 atom stereocenters. The Kier molecular flexibility index (Phi) is 4.55. The van der Waals surface area contributed by atoms with Gasteiger partial charge in [-0.2, -0.15) is 5.26 Å². The van der Waals surface area contributed by atoms with Gasteiger partial charge < -0.3 is 10.4 Å². The minimum Gasteiger partial charge on any atom is -0.479 e. The molecule has 0 aromatic heterocycles. The van der Waals surface area contributed by atoms with Crippen molar-refractivity contribution in [2.24, 2.45) is 0 Å². The van der Waals surface area contributed by atoms with Gasteiger partial charge in [0.25, 0.3) is 0 Å². The molecule has 106 valence electrons. The van der Waals surface area contributed by atoms with E-state index < -0.39 is 17.8 Å². The zero-order chi connectivity index (χ0) is 15.4. The Labute approximate surface area is 129 Å². The molecule has 4 nitrogen and oxygen atoms in total. The summed E-state index contributed by atoms with van der Waals surface area (Å²) in [6, 6.07) is 12.0. The van der Waals surface area contributed by atoms with Crippen LogP contribution in [-0.4, -0.2) is 11.1 Å². The minimum atomic E-state index is -1.12. The molecule has 0 radical (unpaired) electrons. The van der Waals surface area contributed by atoms with Crippen molar-refractivity contribution in [3.05, 3.63) is 63.9 Å². The lowest BCUT2D eigenvalue weighted by molar-refractivity contribution is -0.138. The van der Waals surface area contributed by atoms with Crippen molar-refractivity contribution in [1.82, 2.24) is 0 Å². The van der Waals surface area contributed by atoms with Crippen LogP contribution in [0.25, 0.3) is 0 Å². The average molecular weight is 349 g/mol. The second-order valence-corrected chi connectivity index (χ2v) is 5.02. The SMILES string of the molecule is N#Cc1ccc(NC(C(=O)O)c2ccccc2)c(F)c1Br. The molecule has 1 unspecified atom stereocenters. The van der Waals surface area contributed by atoms with Gasteiger partial charge in [0.05, 0.1) is 15.7 Å². The molecule has 0 saturated carbocycles. The van der Waals surface area contributed by atoms with Crippen LogP contribution in [-0.2, 0) is 4.79 Å². The topological polar surface area (TPSA) is 73.1 Å². The number of hydrogen-bond acceptors (Lipinski definition) is 3. The summed E-state index contributed by atoms with van der Waals surface area (Å²) in [5.41, 5.74) is 0.659. The Morgan fingerprint density at radius 1 is 1.29 bits per heavy atom. The Morgan fingerprint density at radius 2 is 1.95 bits per heavy atom. The summed E-state index contributed by atoms with van der Waals surface area (Å²) in [7, 11) is 0. The first-order valence-corrected chi connectivity index (χ1v) is 6.76. The quantitative estimate of drug-likeness (QED) is 0.883. The number of nitrogens with zero attached hydrogens (tertiary/aromatic N) is 1. The molecule has 21 heavy (non-hydrogen) atoms. The molecule has 0 aliphatic carbocycles. The second-order valence-electron chi connectivity index (χ2n) is 4.23. The average Bonchev–Trinajstić information content (AvgIpc) is 2.49. The first-order chi connectivity index (χ1) is 10.0. The van der Waals surface area contributed by atoms with Gasteiger partial charge in [0.1, 0.15) is 6.07 Å². The molecular formula is C15H10BrFN2O2. The van der Waals surface area contributed by atoms with Crippen LogP contribution in [0.15, 0.2) is 46.9 Å². The predicted molar refractivity (Wildman–Crippen MR) is 79.3 cm³/mol. The Balaban J connectivity index is 2.37. The molecule has 6 heteroatoms. The maximum Gasteiger partial charge on any atom is 0.330 e. The number of anilines is 1. The Morgan fingerprint density at radius 3 is 2.52 bits per heavy atom. The lowest BCUT2D eigenvalue weighted by atomic mass is 10.1. The maximum atomic E-state index is 14.1. The number of nitriles is 1. The molecular weight excluding hydrogens is 339 g/mol. The Hall–Kier alpha value is -2.39. The molecule has 0 bridgehead atoms. The van der Waals surface area contributed by atoms with Gasteiger partial charge in [-0.25, -0.2) is 9.18 Å². The van der Waals surface area contributed by atoms with E-state index in [1.807, 2.05) is 6.07 Å².